The van der Waals surface area contributed by atoms with Gasteiger partial charge in [0.15, 0.2) is 5.82 Å². The van der Waals surface area contributed by atoms with E-state index in [0.717, 1.165) is 18.7 Å². The van der Waals surface area contributed by atoms with Crippen LogP contribution in [0.2, 0.25) is 0 Å². The zero-order valence-corrected chi connectivity index (χ0v) is 13.7. The highest BCUT2D eigenvalue weighted by Gasteiger charge is 2.32. The molecule has 3 heterocycles. The number of para-hydroxylation sites is 1. The summed E-state index contributed by atoms with van der Waals surface area (Å²) in [5.41, 5.74) is 6.32. The number of aromatic nitrogens is 1. The second-order valence-electron chi connectivity index (χ2n) is 6.25. The zero-order chi connectivity index (χ0) is 16.3. The quantitative estimate of drug-likeness (QED) is 0.797. The Morgan fingerprint density at radius 2 is 2.08 bits per heavy atom. The van der Waals surface area contributed by atoms with Gasteiger partial charge < -0.3 is 4.57 Å². The summed E-state index contributed by atoms with van der Waals surface area (Å²) in [7, 11) is 1.64. The van der Waals surface area contributed by atoms with Gasteiger partial charge in [0, 0.05) is 16.7 Å². The molecular weight excluding hydrogens is 300 g/mol. The maximum absolute atomic E-state index is 5.42. The van der Waals surface area contributed by atoms with E-state index in [1.807, 2.05) is 6.34 Å². The number of rotatable bonds is 1. The van der Waals surface area contributed by atoms with Crippen molar-refractivity contribution < 1.29 is 4.84 Å². The van der Waals surface area contributed by atoms with Gasteiger partial charge in [-0.25, -0.2) is 0 Å². The first kappa shape index (κ1) is 13.6. The lowest BCUT2D eigenvalue weighted by molar-refractivity contribution is -0.101. The fourth-order valence-corrected chi connectivity index (χ4v) is 3.86. The lowest BCUT2D eigenvalue weighted by atomic mass is 9.93. The molecule has 0 saturated heterocycles. The molecule has 5 rings (SSSR count). The van der Waals surface area contributed by atoms with Crippen LogP contribution < -0.4 is 0 Å². The fourth-order valence-electron chi connectivity index (χ4n) is 3.86. The van der Waals surface area contributed by atoms with E-state index < -0.39 is 0 Å². The molecule has 0 N–H and O–H groups in total. The number of hydrogen-bond donors (Lipinski definition) is 0. The Morgan fingerprint density at radius 1 is 1.21 bits per heavy atom. The van der Waals surface area contributed by atoms with Crippen molar-refractivity contribution in [3.8, 4) is 0 Å². The number of hydroxylamine groups is 1. The highest BCUT2D eigenvalue weighted by molar-refractivity contribution is 5.94. The predicted octanol–water partition coefficient (Wildman–Crippen LogP) is 3.98. The Kier molecular flexibility index (Phi) is 2.76. The standard InChI is InChI=1S/C19H18N4O/c1-13-6-5-9-16-19(13)17-10-14-7-3-4-8-15(14)21(17)11-18-22(16)12-20-23(18)24-2/h3-4,6-8,10-12H,5,9H2,1-2H3. The summed E-state index contributed by atoms with van der Waals surface area (Å²) in [5.74, 6) is 0.916. The first-order chi connectivity index (χ1) is 11.8. The average Bonchev–Trinajstić information content (AvgIpc) is 3.13. The smallest absolute Gasteiger partial charge is 0.182 e. The van der Waals surface area contributed by atoms with Crippen LogP contribution in [0.4, 0.5) is 0 Å². The Labute approximate surface area is 140 Å². The van der Waals surface area contributed by atoms with Gasteiger partial charge in [0.2, 0.25) is 0 Å². The number of allylic oxidation sites excluding steroid dienone is 4. The van der Waals surface area contributed by atoms with Crippen molar-refractivity contribution in [3.63, 3.8) is 0 Å². The lowest BCUT2D eigenvalue weighted by Crippen LogP contribution is -2.24. The molecule has 1 aliphatic carbocycles. The van der Waals surface area contributed by atoms with Crippen molar-refractivity contribution in [2.24, 2.45) is 5.10 Å². The van der Waals surface area contributed by atoms with Gasteiger partial charge in [-0.3, -0.25) is 9.74 Å². The Balaban J connectivity index is 1.87. The number of benzene rings is 1. The number of fused-ring (bicyclic) bond motifs is 6. The van der Waals surface area contributed by atoms with E-state index in [4.69, 9.17) is 4.84 Å². The molecule has 5 nitrogen and oxygen atoms in total. The van der Waals surface area contributed by atoms with Gasteiger partial charge in [-0.1, -0.05) is 24.3 Å². The summed E-state index contributed by atoms with van der Waals surface area (Å²) in [5, 5.41) is 7.18. The highest BCUT2D eigenvalue weighted by Crippen LogP contribution is 2.42. The molecule has 0 fully saturated rings. The highest BCUT2D eigenvalue weighted by atomic mass is 16.7. The molecule has 0 unspecified atom stereocenters. The van der Waals surface area contributed by atoms with Crippen LogP contribution >= 0.6 is 0 Å². The van der Waals surface area contributed by atoms with Crippen molar-refractivity contribution >= 4 is 29.0 Å². The van der Waals surface area contributed by atoms with Gasteiger partial charge in [-0.15, -0.1) is 10.3 Å². The van der Waals surface area contributed by atoms with E-state index in [9.17, 15) is 0 Å². The molecule has 0 atom stereocenters. The zero-order valence-electron chi connectivity index (χ0n) is 13.7. The third-order valence-electron chi connectivity index (χ3n) is 4.94. The minimum Gasteiger partial charge on any atom is -0.312 e. The molecule has 0 radical (unpaired) electrons. The van der Waals surface area contributed by atoms with E-state index in [1.54, 1.807) is 12.3 Å². The molecule has 0 saturated carbocycles. The van der Waals surface area contributed by atoms with Crippen molar-refractivity contribution in [2.45, 2.75) is 19.8 Å². The van der Waals surface area contributed by atoms with Crippen LogP contribution in [0.5, 0.6) is 0 Å². The van der Waals surface area contributed by atoms with Gasteiger partial charge >= 0.3 is 0 Å². The molecular formula is C19H18N4O. The maximum atomic E-state index is 5.42. The number of nitrogens with zero attached hydrogens (tertiary/aromatic N) is 4. The van der Waals surface area contributed by atoms with Crippen LogP contribution in [-0.4, -0.2) is 28.1 Å². The molecule has 1 aromatic heterocycles. The van der Waals surface area contributed by atoms with Gasteiger partial charge in [-0.05, 0) is 37.5 Å². The average molecular weight is 318 g/mol. The molecule has 0 spiro atoms. The molecule has 5 heteroatoms. The van der Waals surface area contributed by atoms with Crippen LogP contribution in [0, 0.1) is 0 Å². The van der Waals surface area contributed by atoms with Crippen molar-refractivity contribution in [3.05, 3.63) is 59.2 Å². The summed E-state index contributed by atoms with van der Waals surface area (Å²) in [6.07, 6.45) is 8.33. The van der Waals surface area contributed by atoms with E-state index in [0.29, 0.717) is 0 Å². The second kappa shape index (κ2) is 4.85. The summed E-state index contributed by atoms with van der Waals surface area (Å²) in [6.45, 7) is 2.20. The fraction of sp³-hybridized carbons (Fsp3) is 0.211. The number of hydrogen-bond acceptors (Lipinski definition) is 4. The maximum Gasteiger partial charge on any atom is 0.182 e. The molecule has 0 amide bonds. The topological polar surface area (TPSA) is 33.0 Å². The van der Waals surface area contributed by atoms with E-state index >= 15 is 0 Å². The van der Waals surface area contributed by atoms with Crippen molar-refractivity contribution in [1.82, 2.24) is 14.6 Å². The normalized spacial score (nSPS) is 19.1. The van der Waals surface area contributed by atoms with Gasteiger partial charge in [0.25, 0.3) is 0 Å². The van der Waals surface area contributed by atoms with Gasteiger partial charge in [-0.2, -0.15) is 0 Å². The lowest BCUT2D eigenvalue weighted by Gasteiger charge is -2.26. The Hall–Kier alpha value is -2.79. The van der Waals surface area contributed by atoms with E-state index in [1.165, 1.54) is 33.4 Å². The first-order valence-electron chi connectivity index (χ1n) is 8.18. The summed E-state index contributed by atoms with van der Waals surface area (Å²) < 4.78 is 2.25. The third kappa shape index (κ3) is 1.70. The van der Waals surface area contributed by atoms with Crippen molar-refractivity contribution in [2.75, 3.05) is 7.11 Å². The summed E-state index contributed by atoms with van der Waals surface area (Å²) in [6, 6.07) is 10.8. The van der Waals surface area contributed by atoms with Crippen LogP contribution in [0.1, 0.15) is 25.5 Å². The molecule has 24 heavy (non-hydrogen) atoms. The minimum absolute atomic E-state index is 0.916. The molecule has 2 aliphatic heterocycles. The number of hydrazone groups is 1. The largest absolute Gasteiger partial charge is 0.312 e. The molecule has 120 valence electrons. The van der Waals surface area contributed by atoms with E-state index in [-0.39, 0.29) is 0 Å². The van der Waals surface area contributed by atoms with Crippen LogP contribution in [0.15, 0.2) is 58.6 Å². The SMILES string of the molecule is CON1N=CN2C1=Cn1c(cc3ccccc31)C1=C2CCC=C1C. The molecule has 3 aliphatic rings. The van der Waals surface area contributed by atoms with Crippen molar-refractivity contribution in [1.29, 1.82) is 0 Å². The van der Waals surface area contributed by atoms with Gasteiger partial charge in [0.05, 0.1) is 24.5 Å². The predicted molar refractivity (Wildman–Crippen MR) is 95.3 cm³/mol. The minimum atomic E-state index is 0.916. The van der Waals surface area contributed by atoms with Crippen LogP contribution in [0.3, 0.4) is 0 Å². The summed E-state index contributed by atoms with van der Waals surface area (Å²) >= 11 is 0. The summed E-state index contributed by atoms with van der Waals surface area (Å²) in [4.78, 5) is 7.57. The third-order valence-corrected chi connectivity index (χ3v) is 4.94. The van der Waals surface area contributed by atoms with Crippen LogP contribution in [0.25, 0.3) is 22.7 Å². The first-order valence-corrected chi connectivity index (χ1v) is 8.18. The Bertz CT molecular complexity index is 976. The van der Waals surface area contributed by atoms with E-state index in [2.05, 4.69) is 64.1 Å². The second-order valence-corrected chi connectivity index (χ2v) is 6.25. The monoisotopic (exact) mass is 318 g/mol. The van der Waals surface area contributed by atoms with Crippen LogP contribution in [-0.2, 0) is 4.84 Å². The molecule has 0 bridgehead atoms. The Morgan fingerprint density at radius 3 is 2.96 bits per heavy atom. The van der Waals surface area contributed by atoms with Gasteiger partial charge in [0.1, 0.15) is 6.34 Å². The molecule has 1 aromatic carbocycles. The molecule has 2 aromatic rings.